The molecule has 174 valence electrons. The lowest BCUT2D eigenvalue weighted by molar-refractivity contribution is -0.138. The topological polar surface area (TPSA) is 51.5 Å². The summed E-state index contributed by atoms with van der Waals surface area (Å²) in [6.45, 7) is 9.79. The van der Waals surface area contributed by atoms with Crippen molar-refractivity contribution in [2.45, 2.75) is 34.6 Å². The molecule has 0 saturated heterocycles. The number of rotatable bonds is 5. The van der Waals surface area contributed by atoms with Crippen LogP contribution in [0.5, 0.6) is 0 Å². The Balaban J connectivity index is 1.87. The molecule has 0 bridgehead atoms. The number of hydrogen-bond acceptors (Lipinski definition) is 3. The minimum Gasteiger partial charge on any atom is -0.462 e. The zero-order chi connectivity index (χ0) is 24.6. The Bertz CT molecular complexity index is 1350. The molecule has 5 nitrogen and oxygen atoms in total. The van der Waals surface area contributed by atoms with Gasteiger partial charge in [-0.25, -0.2) is 4.79 Å². The molecule has 34 heavy (non-hydrogen) atoms. The first-order valence-electron chi connectivity index (χ1n) is 11.2. The number of aromatic nitrogens is 1. The van der Waals surface area contributed by atoms with Gasteiger partial charge in [-0.15, -0.1) is 0 Å². The summed E-state index contributed by atoms with van der Waals surface area (Å²) in [7, 11) is 0. The monoisotopic (exact) mass is 474 g/mol. The number of ether oxygens (including phenoxy) is 1. The first kappa shape index (κ1) is 23.6. The Morgan fingerprint density at radius 1 is 1.03 bits per heavy atom. The summed E-state index contributed by atoms with van der Waals surface area (Å²) in [6.07, 6.45) is 1.79. The van der Waals surface area contributed by atoms with Gasteiger partial charge in [0.2, 0.25) is 0 Å². The van der Waals surface area contributed by atoms with Gasteiger partial charge in [0.05, 0.1) is 17.8 Å². The summed E-state index contributed by atoms with van der Waals surface area (Å²) >= 11 is 6.28. The highest BCUT2D eigenvalue weighted by atomic mass is 35.5. The average molecular weight is 475 g/mol. The molecule has 6 heteroatoms. The van der Waals surface area contributed by atoms with Gasteiger partial charge < -0.3 is 9.30 Å². The highest BCUT2D eigenvalue weighted by Gasteiger charge is 2.38. The fourth-order valence-electron chi connectivity index (χ4n) is 4.45. The van der Waals surface area contributed by atoms with E-state index < -0.39 is 5.97 Å². The third kappa shape index (κ3) is 4.08. The van der Waals surface area contributed by atoms with Gasteiger partial charge in [0.25, 0.3) is 5.91 Å². The van der Waals surface area contributed by atoms with Gasteiger partial charge >= 0.3 is 5.97 Å². The molecule has 0 aliphatic carbocycles. The van der Waals surface area contributed by atoms with E-state index in [1.54, 1.807) is 24.8 Å². The first-order valence-corrected chi connectivity index (χ1v) is 11.6. The summed E-state index contributed by atoms with van der Waals surface area (Å²) in [5.41, 5.74) is 6.73. The van der Waals surface area contributed by atoms with Crippen LogP contribution in [0.2, 0.25) is 5.02 Å². The van der Waals surface area contributed by atoms with Crippen molar-refractivity contribution in [3.63, 3.8) is 0 Å². The van der Waals surface area contributed by atoms with E-state index in [1.807, 2.05) is 75.4 Å². The lowest BCUT2D eigenvalue weighted by Gasteiger charge is -2.17. The van der Waals surface area contributed by atoms with E-state index in [2.05, 4.69) is 4.57 Å². The van der Waals surface area contributed by atoms with E-state index in [9.17, 15) is 9.59 Å². The minimum atomic E-state index is -0.502. The minimum absolute atomic E-state index is 0.227. The molecular formula is C28H27ClN2O3. The van der Waals surface area contributed by atoms with Gasteiger partial charge in [-0.05, 0) is 82.2 Å². The maximum absolute atomic E-state index is 13.6. The normalized spacial score (nSPS) is 14.9. The number of hydrogen-bond donors (Lipinski definition) is 0. The fourth-order valence-corrected chi connectivity index (χ4v) is 4.62. The number of anilines is 1. The van der Waals surface area contributed by atoms with E-state index in [4.69, 9.17) is 16.3 Å². The van der Waals surface area contributed by atoms with Crippen molar-refractivity contribution in [2.24, 2.45) is 0 Å². The van der Waals surface area contributed by atoms with Crippen molar-refractivity contribution in [3.05, 3.63) is 99.0 Å². The summed E-state index contributed by atoms with van der Waals surface area (Å²) in [4.78, 5) is 28.1. The zero-order valence-corrected chi connectivity index (χ0v) is 20.7. The van der Waals surface area contributed by atoms with E-state index in [-0.39, 0.29) is 12.5 Å². The zero-order valence-electron chi connectivity index (χ0n) is 20.0. The maximum atomic E-state index is 13.6. The molecule has 1 aromatic heterocycles. The largest absolute Gasteiger partial charge is 0.462 e. The van der Waals surface area contributed by atoms with Crippen LogP contribution in [0.1, 0.15) is 36.4 Å². The van der Waals surface area contributed by atoms with E-state index in [1.165, 1.54) is 0 Å². The van der Waals surface area contributed by atoms with Gasteiger partial charge in [-0.3, -0.25) is 9.69 Å². The molecule has 0 spiro atoms. The highest BCUT2D eigenvalue weighted by Crippen LogP contribution is 2.36. The molecule has 3 aromatic rings. The molecule has 1 aliphatic heterocycles. The quantitative estimate of drug-likeness (QED) is 0.321. The third-order valence-corrected chi connectivity index (χ3v) is 6.31. The van der Waals surface area contributed by atoms with Crippen LogP contribution in [-0.2, 0) is 14.3 Å². The molecule has 0 atom stereocenters. The highest BCUT2D eigenvalue weighted by molar-refractivity contribution is 6.30. The Kier molecular flexibility index (Phi) is 6.49. The molecule has 4 rings (SSSR count). The number of carbonyl (C=O) groups excluding carboxylic acids is 2. The average Bonchev–Trinajstić information content (AvgIpc) is 3.22. The number of benzene rings is 2. The van der Waals surface area contributed by atoms with Gasteiger partial charge in [0.1, 0.15) is 0 Å². The second kappa shape index (κ2) is 9.35. The Morgan fingerprint density at radius 3 is 2.41 bits per heavy atom. The van der Waals surface area contributed by atoms with Crippen LogP contribution in [0.4, 0.5) is 5.69 Å². The second-order valence-corrected chi connectivity index (χ2v) is 8.74. The van der Waals surface area contributed by atoms with Crippen molar-refractivity contribution in [1.82, 2.24) is 4.57 Å². The van der Waals surface area contributed by atoms with Crippen LogP contribution >= 0.6 is 11.6 Å². The predicted molar refractivity (Wildman–Crippen MR) is 136 cm³/mol. The number of carbonyl (C=O) groups is 2. The van der Waals surface area contributed by atoms with E-state index in [0.717, 1.165) is 28.2 Å². The van der Waals surface area contributed by atoms with Crippen molar-refractivity contribution in [3.8, 4) is 5.69 Å². The van der Waals surface area contributed by atoms with Crippen molar-refractivity contribution < 1.29 is 14.3 Å². The van der Waals surface area contributed by atoms with Crippen molar-refractivity contribution in [1.29, 1.82) is 0 Å². The van der Waals surface area contributed by atoms with Gasteiger partial charge in [0.15, 0.2) is 0 Å². The SMILES string of the molecule is CCOC(=O)C1=C(C)N(c2ccccc2)C(=O)/C1=C\c1cc(C)n(-c2cc(Cl)ccc2C)c1C. The lowest BCUT2D eigenvalue weighted by atomic mass is 10.0. The van der Waals surface area contributed by atoms with Crippen molar-refractivity contribution >= 4 is 35.2 Å². The molecule has 0 fully saturated rings. The molecule has 2 aromatic carbocycles. The number of halogens is 1. The second-order valence-electron chi connectivity index (χ2n) is 8.31. The van der Waals surface area contributed by atoms with Gasteiger partial charge in [0, 0.05) is 33.5 Å². The number of amides is 1. The van der Waals surface area contributed by atoms with Crippen LogP contribution in [0.3, 0.4) is 0 Å². The number of aryl methyl sites for hydroxylation is 2. The molecule has 0 N–H and O–H groups in total. The maximum Gasteiger partial charge on any atom is 0.340 e. The number of nitrogens with zero attached hydrogens (tertiary/aromatic N) is 2. The summed E-state index contributed by atoms with van der Waals surface area (Å²) in [6, 6.07) is 17.1. The smallest absolute Gasteiger partial charge is 0.340 e. The molecule has 0 unspecified atom stereocenters. The third-order valence-electron chi connectivity index (χ3n) is 6.08. The molecule has 1 aliphatic rings. The molecular weight excluding hydrogens is 448 g/mol. The number of para-hydroxylation sites is 1. The molecule has 1 amide bonds. The van der Waals surface area contributed by atoms with Crippen molar-refractivity contribution in [2.75, 3.05) is 11.5 Å². The summed E-state index contributed by atoms with van der Waals surface area (Å²) < 4.78 is 7.43. The molecule has 0 radical (unpaired) electrons. The van der Waals surface area contributed by atoms with Gasteiger partial charge in [-0.2, -0.15) is 0 Å². The van der Waals surface area contributed by atoms with Crippen LogP contribution in [0, 0.1) is 20.8 Å². The van der Waals surface area contributed by atoms with Crippen LogP contribution in [0.25, 0.3) is 11.8 Å². The van der Waals surface area contributed by atoms with Crippen LogP contribution < -0.4 is 4.90 Å². The molecule has 0 saturated carbocycles. The predicted octanol–water partition coefficient (Wildman–Crippen LogP) is 6.32. The first-order chi connectivity index (χ1) is 16.2. The Labute approximate surface area is 204 Å². The summed E-state index contributed by atoms with van der Waals surface area (Å²) in [5.74, 6) is -0.756. The van der Waals surface area contributed by atoms with Crippen LogP contribution in [-0.4, -0.2) is 23.1 Å². The molecule has 2 heterocycles. The Morgan fingerprint density at radius 2 is 1.74 bits per heavy atom. The summed E-state index contributed by atoms with van der Waals surface area (Å²) in [5, 5.41) is 0.653. The van der Waals surface area contributed by atoms with Crippen LogP contribution in [0.15, 0.2) is 71.4 Å². The van der Waals surface area contributed by atoms with E-state index in [0.29, 0.717) is 27.6 Å². The van der Waals surface area contributed by atoms with E-state index >= 15 is 0 Å². The number of allylic oxidation sites excluding steroid dienone is 1. The van der Waals surface area contributed by atoms with Gasteiger partial charge in [-0.1, -0.05) is 35.9 Å². The fraction of sp³-hybridized carbons (Fsp3) is 0.214. The lowest BCUT2D eigenvalue weighted by Crippen LogP contribution is -2.24. The standard InChI is InChI=1S/C28H27ClN2O3/c1-6-34-28(33)26-20(5)31(23-10-8-7-9-11-23)27(32)24(26)15-21-14-18(3)30(19(21)4)25-16-22(29)13-12-17(25)2/h7-16H,6H2,1-5H3/b24-15-. The Hall–Kier alpha value is -3.57. The number of esters is 1.